The van der Waals surface area contributed by atoms with Gasteiger partial charge in [0.25, 0.3) is 0 Å². The van der Waals surface area contributed by atoms with Gasteiger partial charge in [-0.3, -0.25) is 5.32 Å². The Hall–Kier alpha value is -1.22. The standard InChI is InChI=1S/C11H14ClNO2/c1-8(2)15-11(14)13-10-5-3-9(7-12)4-6-10/h3-6,8H,7H2,1-2H3,(H,13,14). The Balaban J connectivity index is 2.53. The minimum atomic E-state index is -0.441. The number of hydrogen-bond acceptors (Lipinski definition) is 2. The second kappa shape index (κ2) is 5.61. The van der Waals surface area contributed by atoms with Crippen molar-refractivity contribution in [2.45, 2.75) is 25.8 Å². The number of amides is 1. The third kappa shape index (κ3) is 4.21. The lowest BCUT2D eigenvalue weighted by molar-refractivity contribution is 0.130. The van der Waals surface area contributed by atoms with Crippen LogP contribution in [0.15, 0.2) is 24.3 Å². The summed E-state index contributed by atoms with van der Waals surface area (Å²) in [4.78, 5) is 11.2. The van der Waals surface area contributed by atoms with Gasteiger partial charge in [0.15, 0.2) is 0 Å². The SMILES string of the molecule is CC(C)OC(=O)Nc1ccc(CCl)cc1. The molecular formula is C11H14ClNO2. The topological polar surface area (TPSA) is 38.3 Å². The molecule has 1 amide bonds. The smallest absolute Gasteiger partial charge is 0.411 e. The zero-order valence-corrected chi connectivity index (χ0v) is 9.54. The van der Waals surface area contributed by atoms with Crippen molar-refractivity contribution >= 4 is 23.4 Å². The van der Waals surface area contributed by atoms with Crippen LogP contribution in [0.2, 0.25) is 0 Å². The van der Waals surface area contributed by atoms with Gasteiger partial charge in [-0.1, -0.05) is 12.1 Å². The Labute approximate surface area is 94.4 Å². The van der Waals surface area contributed by atoms with Gasteiger partial charge in [-0.15, -0.1) is 11.6 Å². The van der Waals surface area contributed by atoms with E-state index < -0.39 is 6.09 Å². The molecular weight excluding hydrogens is 214 g/mol. The van der Waals surface area contributed by atoms with Crippen molar-refractivity contribution in [3.63, 3.8) is 0 Å². The van der Waals surface area contributed by atoms with Crippen LogP contribution < -0.4 is 5.32 Å². The lowest BCUT2D eigenvalue weighted by Crippen LogP contribution is -2.17. The Morgan fingerprint density at radius 3 is 2.47 bits per heavy atom. The van der Waals surface area contributed by atoms with Crippen molar-refractivity contribution < 1.29 is 9.53 Å². The largest absolute Gasteiger partial charge is 0.447 e. The number of benzene rings is 1. The Kier molecular flexibility index (Phi) is 4.43. The van der Waals surface area contributed by atoms with E-state index in [1.165, 1.54) is 0 Å². The third-order valence-electron chi connectivity index (χ3n) is 1.70. The lowest BCUT2D eigenvalue weighted by Gasteiger charge is -2.09. The maximum Gasteiger partial charge on any atom is 0.411 e. The zero-order valence-electron chi connectivity index (χ0n) is 8.79. The fourth-order valence-electron chi connectivity index (χ4n) is 1.04. The van der Waals surface area contributed by atoms with Gasteiger partial charge < -0.3 is 4.74 Å². The molecule has 1 N–H and O–H groups in total. The van der Waals surface area contributed by atoms with Crippen LogP contribution in [-0.4, -0.2) is 12.2 Å². The molecule has 0 spiro atoms. The Bertz CT molecular complexity index is 322. The molecule has 0 aliphatic carbocycles. The molecule has 1 aromatic carbocycles. The predicted octanol–water partition coefficient (Wildman–Crippen LogP) is 3.38. The van der Waals surface area contributed by atoms with Crippen molar-refractivity contribution in [3.05, 3.63) is 29.8 Å². The monoisotopic (exact) mass is 227 g/mol. The van der Waals surface area contributed by atoms with E-state index in [0.717, 1.165) is 5.56 Å². The summed E-state index contributed by atoms with van der Waals surface area (Å²) < 4.78 is 4.93. The van der Waals surface area contributed by atoms with E-state index in [-0.39, 0.29) is 6.10 Å². The summed E-state index contributed by atoms with van der Waals surface area (Å²) >= 11 is 5.64. The van der Waals surface area contributed by atoms with Gasteiger partial charge in [0, 0.05) is 11.6 Å². The van der Waals surface area contributed by atoms with Crippen molar-refractivity contribution in [1.29, 1.82) is 0 Å². The summed E-state index contributed by atoms with van der Waals surface area (Å²) in [5.41, 5.74) is 1.72. The van der Waals surface area contributed by atoms with Crippen LogP contribution in [-0.2, 0) is 10.6 Å². The van der Waals surface area contributed by atoms with Gasteiger partial charge in [0.05, 0.1) is 6.10 Å². The molecule has 0 saturated carbocycles. The number of alkyl halides is 1. The average Bonchev–Trinajstić information content (AvgIpc) is 2.17. The molecule has 0 fully saturated rings. The Morgan fingerprint density at radius 1 is 1.40 bits per heavy atom. The highest BCUT2D eigenvalue weighted by molar-refractivity contribution is 6.17. The van der Waals surface area contributed by atoms with Crippen LogP contribution in [0.4, 0.5) is 10.5 Å². The highest BCUT2D eigenvalue weighted by Gasteiger charge is 2.04. The van der Waals surface area contributed by atoms with E-state index >= 15 is 0 Å². The van der Waals surface area contributed by atoms with Crippen molar-refractivity contribution in [3.8, 4) is 0 Å². The molecule has 1 rings (SSSR count). The molecule has 0 aliphatic rings. The summed E-state index contributed by atoms with van der Waals surface area (Å²) in [7, 11) is 0. The second-order valence-corrected chi connectivity index (χ2v) is 3.68. The summed E-state index contributed by atoms with van der Waals surface area (Å²) in [6.07, 6.45) is -0.560. The third-order valence-corrected chi connectivity index (χ3v) is 2.01. The number of nitrogens with one attached hydrogen (secondary N) is 1. The molecule has 0 unspecified atom stereocenters. The zero-order chi connectivity index (χ0) is 11.3. The number of ether oxygens (including phenoxy) is 1. The van der Waals surface area contributed by atoms with Gasteiger partial charge in [0.1, 0.15) is 0 Å². The molecule has 82 valence electrons. The van der Waals surface area contributed by atoms with Crippen LogP contribution in [0.3, 0.4) is 0 Å². The molecule has 1 aromatic rings. The van der Waals surface area contributed by atoms with Gasteiger partial charge in [-0.25, -0.2) is 4.79 Å². The van der Waals surface area contributed by atoms with E-state index in [0.29, 0.717) is 11.6 Å². The minimum absolute atomic E-state index is 0.118. The normalized spacial score (nSPS) is 10.1. The van der Waals surface area contributed by atoms with Crippen molar-refractivity contribution in [2.24, 2.45) is 0 Å². The molecule has 0 radical (unpaired) electrons. The van der Waals surface area contributed by atoms with Crippen LogP contribution in [0.25, 0.3) is 0 Å². The first-order valence-electron chi connectivity index (χ1n) is 4.74. The predicted molar refractivity (Wildman–Crippen MR) is 61.2 cm³/mol. The summed E-state index contributed by atoms with van der Waals surface area (Å²) in [6, 6.07) is 7.30. The minimum Gasteiger partial charge on any atom is -0.447 e. The maximum atomic E-state index is 11.2. The van der Waals surface area contributed by atoms with Crippen LogP contribution in [0.1, 0.15) is 19.4 Å². The first-order valence-corrected chi connectivity index (χ1v) is 5.28. The number of hydrogen-bond donors (Lipinski definition) is 1. The molecule has 0 bridgehead atoms. The van der Waals surface area contributed by atoms with Crippen LogP contribution in [0.5, 0.6) is 0 Å². The van der Waals surface area contributed by atoms with Crippen molar-refractivity contribution in [1.82, 2.24) is 0 Å². The number of carbonyl (C=O) groups is 1. The Morgan fingerprint density at radius 2 is 2.00 bits per heavy atom. The molecule has 4 heteroatoms. The van der Waals surface area contributed by atoms with Gasteiger partial charge >= 0.3 is 6.09 Å². The lowest BCUT2D eigenvalue weighted by atomic mass is 10.2. The van der Waals surface area contributed by atoms with Gasteiger partial charge in [0.2, 0.25) is 0 Å². The second-order valence-electron chi connectivity index (χ2n) is 3.41. The maximum absolute atomic E-state index is 11.2. The average molecular weight is 228 g/mol. The fraction of sp³-hybridized carbons (Fsp3) is 0.364. The van der Waals surface area contributed by atoms with E-state index in [9.17, 15) is 4.79 Å². The summed E-state index contributed by atoms with van der Waals surface area (Å²) in [5, 5.41) is 2.62. The van der Waals surface area contributed by atoms with Gasteiger partial charge in [-0.2, -0.15) is 0 Å². The molecule has 15 heavy (non-hydrogen) atoms. The summed E-state index contributed by atoms with van der Waals surface area (Å²) in [5.74, 6) is 0.469. The number of rotatable bonds is 3. The fourth-order valence-corrected chi connectivity index (χ4v) is 1.22. The van der Waals surface area contributed by atoms with E-state index in [2.05, 4.69) is 5.32 Å². The van der Waals surface area contributed by atoms with Crippen LogP contribution in [0, 0.1) is 0 Å². The summed E-state index contributed by atoms with van der Waals surface area (Å²) in [6.45, 7) is 3.60. The van der Waals surface area contributed by atoms with E-state index in [4.69, 9.17) is 16.3 Å². The van der Waals surface area contributed by atoms with E-state index in [1.54, 1.807) is 26.0 Å². The molecule has 0 saturated heterocycles. The number of halogens is 1. The number of anilines is 1. The number of carbonyl (C=O) groups excluding carboxylic acids is 1. The van der Waals surface area contributed by atoms with Crippen molar-refractivity contribution in [2.75, 3.05) is 5.32 Å². The highest BCUT2D eigenvalue weighted by Crippen LogP contribution is 2.11. The quantitative estimate of drug-likeness (QED) is 0.804. The molecule has 0 atom stereocenters. The first-order chi connectivity index (χ1) is 7.11. The molecule has 0 heterocycles. The highest BCUT2D eigenvalue weighted by atomic mass is 35.5. The van der Waals surface area contributed by atoms with Crippen LogP contribution >= 0.6 is 11.6 Å². The molecule has 0 aromatic heterocycles. The van der Waals surface area contributed by atoms with Gasteiger partial charge in [-0.05, 0) is 31.5 Å². The molecule has 3 nitrogen and oxygen atoms in total. The first kappa shape index (κ1) is 11.9. The molecule has 0 aliphatic heterocycles. The van der Waals surface area contributed by atoms with E-state index in [1.807, 2.05) is 12.1 Å².